The predicted octanol–water partition coefficient (Wildman–Crippen LogP) is 1.01. The van der Waals surface area contributed by atoms with Gasteiger partial charge in [-0.05, 0) is 31.0 Å². The Hall–Kier alpha value is -1.39. The Kier molecular flexibility index (Phi) is 3.53. The Bertz CT molecular complexity index is 468. The van der Waals surface area contributed by atoms with Crippen LogP contribution in [0.1, 0.15) is 12.0 Å². The van der Waals surface area contributed by atoms with E-state index < -0.39 is 0 Å². The molecule has 1 N–H and O–H groups in total. The molecule has 3 rings (SSSR count). The third-order valence-electron chi connectivity index (χ3n) is 4.08. The minimum Gasteiger partial charge on any atom is -0.314 e. The maximum atomic E-state index is 12.6. The third kappa shape index (κ3) is 2.51. The van der Waals surface area contributed by atoms with Crippen LogP contribution in [0.2, 0.25) is 0 Å². The van der Waals surface area contributed by atoms with Gasteiger partial charge in [0.25, 0.3) is 0 Å². The molecule has 0 spiro atoms. The summed E-state index contributed by atoms with van der Waals surface area (Å²) < 4.78 is 0. The third-order valence-corrected chi connectivity index (χ3v) is 4.08. The smallest absolute Gasteiger partial charge is 0.244 e. The van der Waals surface area contributed by atoms with Crippen molar-refractivity contribution in [1.82, 2.24) is 10.2 Å². The van der Waals surface area contributed by atoms with Crippen LogP contribution < -0.4 is 10.2 Å². The molecule has 0 saturated carbocycles. The molecule has 2 saturated heterocycles. The number of piperazine rings is 1. The fourth-order valence-corrected chi connectivity index (χ4v) is 3.05. The van der Waals surface area contributed by atoms with Crippen LogP contribution in [0.3, 0.4) is 0 Å². The molecule has 1 amide bonds. The van der Waals surface area contributed by atoms with Crippen LogP contribution >= 0.6 is 0 Å². The topological polar surface area (TPSA) is 35.6 Å². The molecule has 0 bridgehead atoms. The summed E-state index contributed by atoms with van der Waals surface area (Å²) in [6.07, 6.45) is 0.951. The number of aryl methyl sites for hydroxylation is 1. The van der Waals surface area contributed by atoms with Crippen LogP contribution in [0.15, 0.2) is 24.3 Å². The molecule has 2 aliphatic heterocycles. The standard InChI is InChI=1S/C15H21N3O/c1-12-3-2-4-13(11-12)18-8-5-14(15(18)19)17-9-6-16-7-10-17/h2-4,11,14,16H,5-10H2,1H3. The highest BCUT2D eigenvalue weighted by molar-refractivity contribution is 5.99. The first-order valence-electron chi connectivity index (χ1n) is 7.08. The van der Waals surface area contributed by atoms with E-state index in [0.717, 1.165) is 44.8 Å². The number of rotatable bonds is 2. The lowest BCUT2D eigenvalue weighted by Gasteiger charge is -2.31. The van der Waals surface area contributed by atoms with Gasteiger partial charge in [0.05, 0.1) is 6.04 Å². The van der Waals surface area contributed by atoms with Crippen molar-refractivity contribution in [3.8, 4) is 0 Å². The van der Waals surface area contributed by atoms with Crippen molar-refractivity contribution in [2.24, 2.45) is 0 Å². The number of benzene rings is 1. The highest BCUT2D eigenvalue weighted by Crippen LogP contribution is 2.25. The van der Waals surface area contributed by atoms with Crippen LogP contribution in [0.4, 0.5) is 5.69 Å². The van der Waals surface area contributed by atoms with E-state index in [1.54, 1.807) is 0 Å². The van der Waals surface area contributed by atoms with Crippen molar-refractivity contribution in [2.45, 2.75) is 19.4 Å². The van der Waals surface area contributed by atoms with Gasteiger partial charge in [-0.25, -0.2) is 0 Å². The van der Waals surface area contributed by atoms with Crippen LogP contribution in [-0.4, -0.2) is 49.6 Å². The van der Waals surface area contributed by atoms with Crippen molar-refractivity contribution >= 4 is 11.6 Å². The molecule has 4 heteroatoms. The molecular formula is C15H21N3O. The number of nitrogens with one attached hydrogen (secondary N) is 1. The SMILES string of the molecule is Cc1cccc(N2CCC(N3CCNCC3)C2=O)c1. The zero-order valence-corrected chi connectivity index (χ0v) is 11.4. The fraction of sp³-hybridized carbons (Fsp3) is 0.533. The highest BCUT2D eigenvalue weighted by Gasteiger charge is 2.36. The first-order chi connectivity index (χ1) is 9.25. The number of nitrogens with zero attached hydrogens (tertiary/aromatic N) is 2. The van der Waals surface area contributed by atoms with E-state index in [0.29, 0.717) is 0 Å². The summed E-state index contributed by atoms with van der Waals surface area (Å²) in [6, 6.07) is 8.30. The number of carbonyl (C=O) groups excluding carboxylic acids is 1. The summed E-state index contributed by atoms with van der Waals surface area (Å²) in [4.78, 5) is 16.9. The van der Waals surface area contributed by atoms with Crippen LogP contribution in [-0.2, 0) is 4.79 Å². The van der Waals surface area contributed by atoms with E-state index in [4.69, 9.17) is 0 Å². The minimum absolute atomic E-state index is 0.0858. The summed E-state index contributed by atoms with van der Waals surface area (Å²) in [5, 5.41) is 3.34. The van der Waals surface area contributed by atoms with Crippen molar-refractivity contribution in [1.29, 1.82) is 0 Å². The van der Waals surface area contributed by atoms with E-state index in [1.807, 2.05) is 17.0 Å². The van der Waals surface area contributed by atoms with Gasteiger partial charge in [-0.1, -0.05) is 12.1 Å². The lowest BCUT2D eigenvalue weighted by molar-refractivity contribution is -0.121. The quantitative estimate of drug-likeness (QED) is 0.861. The number of amides is 1. The van der Waals surface area contributed by atoms with E-state index in [-0.39, 0.29) is 11.9 Å². The van der Waals surface area contributed by atoms with Gasteiger partial charge in [0.1, 0.15) is 0 Å². The van der Waals surface area contributed by atoms with Crippen LogP contribution in [0, 0.1) is 6.92 Å². The van der Waals surface area contributed by atoms with Gasteiger partial charge in [-0.15, -0.1) is 0 Å². The van der Waals surface area contributed by atoms with Crippen molar-refractivity contribution in [3.63, 3.8) is 0 Å². The Morgan fingerprint density at radius 3 is 2.74 bits per heavy atom. The number of hydrogen-bond acceptors (Lipinski definition) is 3. The minimum atomic E-state index is 0.0858. The maximum absolute atomic E-state index is 12.6. The Morgan fingerprint density at radius 2 is 2.00 bits per heavy atom. The summed E-state index contributed by atoms with van der Waals surface area (Å²) in [6.45, 7) is 6.87. The lowest BCUT2D eigenvalue weighted by Crippen LogP contribution is -2.51. The van der Waals surface area contributed by atoms with E-state index in [2.05, 4.69) is 29.3 Å². The molecule has 19 heavy (non-hydrogen) atoms. The second-order valence-electron chi connectivity index (χ2n) is 5.42. The molecule has 2 aliphatic rings. The van der Waals surface area contributed by atoms with Gasteiger partial charge in [0.2, 0.25) is 5.91 Å². The van der Waals surface area contributed by atoms with Gasteiger partial charge in [-0.2, -0.15) is 0 Å². The molecule has 2 heterocycles. The van der Waals surface area contributed by atoms with Gasteiger partial charge < -0.3 is 10.2 Å². The fourth-order valence-electron chi connectivity index (χ4n) is 3.05. The first-order valence-corrected chi connectivity index (χ1v) is 7.08. The number of carbonyl (C=O) groups is 1. The summed E-state index contributed by atoms with van der Waals surface area (Å²) in [5.74, 6) is 0.271. The maximum Gasteiger partial charge on any atom is 0.244 e. The van der Waals surface area contributed by atoms with E-state index in [1.165, 1.54) is 5.56 Å². The predicted molar refractivity (Wildman–Crippen MR) is 76.4 cm³/mol. The molecule has 2 fully saturated rings. The molecule has 1 atom stereocenters. The van der Waals surface area contributed by atoms with Crippen LogP contribution in [0.5, 0.6) is 0 Å². The largest absolute Gasteiger partial charge is 0.314 e. The van der Waals surface area contributed by atoms with Gasteiger partial charge >= 0.3 is 0 Å². The number of hydrogen-bond donors (Lipinski definition) is 1. The monoisotopic (exact) mass is 259 g/mol. The molecular weight excluding hydrogens is 238 g/mol. The van der Waals surface area contributed by atoms with Crippen molar-refractivity contribution in [3.05, 3.63) is 29.8 Å². The Labute approximate surface area is 114 Å². The second-order valence-corrected chi connectivity index (χ2v) is 5.42. The molecule has 0 aromatic heterocycles. The molecule has 0 radical (unpaired) electrons. The Morgan fingerprint density at radius 1 is 1.21 bits per heavy atom. The summed E-state index contributed by atoms with van der Waals surface area (Å²) in [7, 11) is 0. The molecule has 1 aromatic carbocycles. The Balaban J connectivity index is 1.74. The van der Waals surface area contributed by atoms with E-state index >= 15 is 0 Å². The lowest BCUT2D eigenvalue weighted by atomic mass is 10.2. The molecule has 0 aliphatic carbocycles. The number of anilines is 1. The summed E-state index contributed by atoms with van der Waals surface area (Å²) >= 11 is 0. The zero-order chi connectivity index (χ0) is 13.2. The first kappa shape index (κ1) is 12.6. The van der Waals surface area contributed by atoms with Crippen LogP contribution in [0.25, 0.3) is 0 Å². The van der Waals surface area contributed by atoms with Crippen molar-refractivity contribution < 1.29 is 4.79 Å². The molecule has 102 valence electrons. The molecule has 1 unspecified atom stereocenters. The van der Waals surface area contributed by atoms with Gasteiger partial charge in [0.15, 0.2) is 0 Å². The highest BCUT2D eigenvalue weighted by atomic mass is 16.2. The molecule has 4 nitrogen and oxygen atoms in total. The zero-order valence-electron chi connectivity index (χ0n) is 11.4. The normalized spacial score (nSPS) is 25.0. The van der Waals surface area contributed by atoms with Gasteiger partial charge in [-0.3, -0.25) is 9.69 Å². The van der Waals surface area contributed by atoms with Crippen molar-refractivity contribution in [2.75, 3.05) is 37.6 Å². The average Bonchev–Trinajstić information content (AvgIpc) is 2.81. The van der Waals surface area contributed by atoms with E-state index in [9.17, 15) is 4.79 Å². The average molecular weight is 259 g/mol. The van der Waals surface area contributed by atoms with Gasteiger partial charge in [0, 0.05) is 38.4 Å². The second kappa shape index (κ2) is 5.31. The summed E-state index contributed by atoms with van der Waals surface area (Å²) in [5.41, 5.74) is 2.25. The molecule has 1 aromatic rings.